The summed E-state index contributed by atoms with van der Waals surface area (Å²) in [7, 11) is 0. The smallest absolute Gasteiger partial charge is 0.339 e. The fraction of sp³-hybridized carbons (Fsp3) is 0.160. The highest BCUT2D eigenvalue weighted by molar-refractivity contribution is 6.05. The topological polar surface area (TPSA) is 82.5 Å². The molecule has 4 rings (SSSR count). The van der Waals surface area contributed by atoms with Gasteiger partial charge in [0, 0.05) is 18.7 Å². The largest absolute Gasteiger partial charge is 0.478 e. The van der Waals surface area contributed by atoms with E-state index in [0.29, 0.717) is 18.9 Å². The van der Waals surface area contributed by atoms with Crippen LogP contribution in [0.1, 0.15) is 38.3 Å². The number of hydrogen-bond donors (Lipinski definition) is 2. The molecule has 2 N–H and O–H groups in total. The number of nitrogens with one attached hydrogen (secondary N) is 1. The molecule has 2 aromatic carbocycles. The van der Waals surface area contributed by atoms with E-state index in [4.69, 9.17) is 0 Å². The van der Waals surface area contributed by atoms with Gasteiger partial charge < -0.3 is 15.3 Å². The molecule has 3 aromatic rings. The number of aromatic carboxylic acids is 1. The number of pyridine rings is 1. The van der Waals surface area contributed by atoms with Crippen LogP contribution in [0.4, 0.5) is 15.9 Å². The number of carbonyl (C=O) groups is 2. The van der Waals surface area contributed by atoms with Crippen LogP contribution in [0.25, 0.3) is 5.57 Å². The predicted molar refractivity (Wildman–Crippen MR) is 122 cm³/mol. The minimum atomic E-state index is -1.13. The number of aryl methyl sites for hydroxylation is 1. The Morgan fingerprint density at radius 2 is 1.88 bits per heavy atom. The van der Waals surface area contributed by atoms with Gasteiger partial charge in [-0.1, -0.05) is 30.3 Å². The maximum Gasteiger partial charge on any atom is 0.339 e. The van der Waals surface area contributed by atoms with Gasteiger partial charge in [0.1, 0.15) is 17.2 Å². The molecule has 1 aliphatic heterocycles. The minimum absolute atomic E-state index is 0.00893. The van der Waals surface area contributed by atoms with Crippen molar-refractivity contribution in [3.8, 4) is 0 Å². The SMILES string of the molecule is Cc1ccccc1C1=CCN(c2ncc(NC(=O)c3ccc(F)cc3)cc2C(=O)O)CC1. The standard InChI is InChI=1S/C25H22FN3O3/c1-16-4-2-3-5-21(16)17-10-12-29(13-11-17)23-22(25(31)32)14-20(15-27-23)28-24(30)18-6-8-19(26)9-7-18/h2-10,14-15H,11-13H2,1H3,(H,28,30)(H,31,32). The lowest BCUT2D eigenvalue weighted by Gasteiger charge is -2.29. The summed E-state index contributed by atoms with van der Waals surface area (Å²) in [4.78, 5) is 30.5. The third kappa shape index (κ3) is 4.51. The van der Waals surface area contributed by atoms with E-state index < -0.39 is 17.7 Å². The number of carboxylic acids is 1. The lowest BCUT2D eigenvalue weighted by atomic mass is 9.95. The molecule has 1 amide bonds. The average molecular weight is 431 g/mol. The van der Waals surface area contributed by atoms with Crippen LogP contribution in [0.2, 0.25) is 0 Å². The number of nitrogens with zero attached hydrogens (tertiary/aromatic N) is 2. The van der Waals surface area contributed by atoms with Crippen LogP contribution < -0.4 is 10.2 Å². The van der Waals surface area contributed by atoms with Gasteiger partial charge in [-0.25, -0.2) is 14.2 Å². The second kappa shape index (κ2) is 9.01. The molecule has 0 atom stereocenters. The normalized spacial score (nSPS) is 13.4. The summed E-state index contributed by atoms with van der Waals surface area (Å²) in [5.74, 6) is -1.68. The molecule has 6 nitrogen and oxygen atoms in total. The number of rotatable bonds is 5. The number of benzene rings is 2. The first-order valence-electron chi connectivity index (χ1n) is 10.2. The Morgan fingerprint density at radius 1 is 1.12 bits per heavy atom. The zero-order valence-corrected chi connectivity index (χ0v) is 17.5. The Labute approximate surface area is 185 Å². The number of hydrogen-bond acceptors (Lipinski definition) is 4. The Kier molecular flexibility index (Phi) is 5.98. The van der Waals surface area contributed by atoms with E-state index in [1.54, 1.807) is 0 Å². The van der Waals surface area contributed by atoms with E-state index in [9.17, 15) is 19.1 Å². The van der Waals surface area contributed by atoms with Gasteiger partial charge in [0.2, 0.25) is 0 Å². The summed E-state index contributed by atoms with van der Waals surface area (Å²) >= 11 is 0. The molecule has 0 saturated carbocycles. The first-order valence-corrected chi connectivity index (χ1v) is 10.2. The van der Waals surface area contributed by atoms with Crippen LogP contribution in [0, 0.1) is 12.7 Å². The van der Waals surface area contributed by atoms with Crippen LogP contribution in [0.3, 0.4) is 0 Å². The molecule has 0 spiro atoms. The van der Waals surface area contributed by atoms with Crippen molar-refractivity contribution < 1.29 is 19.1 Å². The zero-order chi connectivity index (χ0) is 22.7. The summed E-state index contributed by atoms with van der Waals surface area (Å²) in [6, 6.07) is 14.7. The van der Waals surface area contributed by atoms with E-state index >= 15 is 0 Å². The van der Waals surface area contributed by atoms with Gasteiger partial charge in [-0.05, 0) is 60.4 Å². The van der Waals surface area contributed by atoms with Gasteiger partial charge in [-0.15, -0.1) is 0 Å². The molecule has 0 radical (unpaired) electrons. The lowest BCUT2D eigenvalue weighted by molar-refractivity contribution is 0.0696. The molecule has 0 bridgehead atoms. The Balaban J connectivity index is 1.54. The molecule has 32 heavy (non-hydrogen) atoms. The first kappa shape index (κ1) is 21.2. The highest BCUT2D eigenvalue weighted by Crippen LogP contribution is 2.29. The molecule has 0 aliphatic carbocycles. The van der Waals surface area contributed by atoms with E-state index in [1.807, 2.05) is 17.0 Å². The Bertz CT molecular complexity index is 1210. The van der Waals surface area contributed by atoms with Crippen molar-refractivity contribution in [2.24, 2.45) is 0 Å². The molecule has 2 heterocycles. The van der Waals surface area contributed by atoms with Crippen molar-refractivity contribution in [1.29, 1.82) is 0 Å². The number of aromatic nitrogens is 1. The minimum Gasteiger partial charge on any atom is -0.478 e. The van der Waals surface area contributed by atoms with Crippen LogP contribution in [-0.4, -0.2) is 35.1 Å². The Morgan fingerprint density at radius 3 is 2.53 bits per heavy atom. The third-order valence-corrected chi connectivity index (χ3v) is 5.46. The fourth-order valence-corrected chi connectivity index (χ4v) is 3.78. The number of amides is 1. The number of carbonyl (C=O) groups excluding carboxylic acids is 1. The summed E-state index contributed by atoms with van der Waals surface area (Å²) in [5.41, 5.74) is 4.18. The summed E-state index contributed by atoms with van der Waals surface area (Å²) < 4.78 is 13.1. The lowest BCUT2D eigenvalue weighted by Crippen LogP contribution is -2.30. The van der Waals surface area contributed by atoms with Crippen molar-refractivity contribution >= 4 is 29.0 Å². The fourth-order valence-electron chi connectivity index (χ4n) is 3.78. The summed E-state index contributed by atoms with van der Waals surface area (Å²) in [5, 5.41) is 12.4. The van der Waals surface area contributed by atoms with E-state index in [1.165, 1.54) is 53.2 Å². The van der Waals surface area contributed by atoms with Crippen molar-refractivity contribution in [2.75, 3.05) is 23.3 Å². The van der Waals surface area contributed by atoms with Crippen LogP contribution in [0.5, 0.6) is 0 Å². The van der Waals surface area contributed by atoms with E-state index in [2.05, 4.69) is 35.4 Å². The molecular formula is C25H22FN3O3. The molecule has 1 aliphatic rings. The van der Waals surface area contributed by atoms with Gasteiger partial charge in [-0.2, -0.15) is 0 Å². The van der Waals surface area contributed by atoms with E-state index in [0.717, 1.165) is 6.42 Å². The van der Waals surface area contributed by atoms with Gasteiger partial charge in [0.25, 0.3) is 5.91 Å². The highest BCUT2D eigenvalue weighted by Gasteiger charge is 2.22. The van der Waals surface area contributed by atoms with Crippen molar-refractivity contribution in [2.45, 2.75) is 13.3 Å². The summed E-state index contributed by atoms with van der Waals surface area (Å²) in [6.45, 7) is 3.25. The van der Waals surface area contributed by atoms with Gasteiger partial charge >= 0.3 is 5.97 Å². The van der Waals surface area contributed by atoms with Crippen LogP contribution in [-0.2, 0) is 0 Å². The Hall–Kier alpha value is -4.00. The van der Waals surface area contributed by atoms with Gasteiger partial charge in [0.05, 0.1) is 11.9 Å². The highest BCUT2D eigenvalue weighted by atomic mass is 19.1. The molecular weight excluding hydrogens is 409 g/mol. The van der Waals surface area contributed by atoms with Crippen molar-refractivity contribution in [1.82, 2.24) is 4.98 Å². The number of halogens is 1. The molecule has 0 fully saturated rings. The second-order valence-electron chi connectivity index (χ2n) is 7.60. The van der Waals surface area contributed by atoms with Crippen LogP contribution >= 0.6 is 0 Å². The van der Waals surface area contributed by atoms with Crippen LogP contribution in [0.15, 0.2) is 66.9 Å². The quantitative estimate of drug-likeness (QED) is 0.608. The van der Waals surface area contributed by atoms with Gasteiger partial charge in [-0.3, -0.25) is 4.79 Å². The van der Waals surface area contributed by atoms with E-state index in [-0.39, 0.29) is 16.8 Å². The molecule has 162 valence electrons. The maximum absolute atomic E-state index is 13.1. The zero-order valence-electron chi connectivity index (χ0n) is 17.5. The summed E-state index contributed by atoms with van der Waals surface area (Å²) in [6.07, 6.45) is 4.31. The number of carboxylic acid groups (broad SMARTS) is 1. The maximum atomic E-state index is 13.1. The monoisotopic (exact) mass is 431 g/mol. The van der Waals surface area contributed by atoms with Crippen molar-refractivity contribution in [3.05, 3.63) is 94.9 Å². The van der Waals surface area contributed by atoms with Crippen molar-refractivity contribution in [3.63, 3.8) is 0 Å². The second-order valence-corrected chi connectivity index (χ2v) is 7.60. The molecule has 0 saturated heterocycles. The molecule has 7 heteroatoms. The molecule has 1 aromatic heterocycles. The number of anilines is 2. The molecule has 0 unspecified atom stereocenters. The van der Waals surface area contributed by atoms with Gasteiger partial charge in [0.15, 0.2) is 0 Å². The first-order chi connectivity index (χ1) is 15.4. The predicted octanol–water partition coefficient (Wildman–Crippen LogP) is 4.77. The third-order valence-electron chi connectivity index (χ3n) is 5.46. The average Bonchev–Trinajstić information content (AvgIpc) is 2.80.